The first-order chi connectivity index (χ1) is 5.46. The molecule has 4 heteroatoms. The third-order valence-corrected chi connectivity index (χ3v) is 11.4. The van der Waals surface area contributed by atoms with E-state index < -0.39 is 5.27 Å². The molecule has 0 radical (unpaired) electrons. The molecule has 0 spiro atoms. The van der Waals surface area contributed by atoms with Crippen LogP contribution in [0.5, 0.6) is 0 Å². The average Bonchev–Trinajstić information content (AvgIpc) is 1.79. The molecule has 2 N–H and O–H groups in total. The summed E-state index contributed by atoms with van der Waals surface area (Å²) in [5.41, 5.74) is 0.245. The Morgan fingerprint density at radius 3 is 1.77 bits per heavy atom. The van der Waals surface area contributed by atoms with Gasteiger partial charge in [-0.25, -0.2) is 0 Å². The molecular weight excluding hydrogens is 353 g/mol. The summed E-state index contributed by atoms with van der Waals surface area (Å²) in [6, 6.07) is 0. The minimum absolute atomic E-state index is 0.00752. The molecule has 0 saturated carbocycles. The van der Waals surface area contributed by atoms with Crippen LogP contribution in [0.2, 0.25) is 0 Å². The molecule has 0 aromatic rings. The van der Waals surface area contributed by atoms with Gasteiger partial charge in [-0.2, -0.15) is 0 Å². The van der Waals surface area contributed by atoms with Gasteiger partial charge in [0, 0.05) is 0 Å². The summed E-state index contributed by atoms with van der Waals surface area (Å²) in [4.78, 5) is 10.3. The summed E-state index contributed by atoms with van der Waals surface area (Å²) < 4.78 is 0. The predicted molar refractivity (Wildman–Crippen MR) is 56.3 cm³/mol. The summed E-state index contributed by atoms with van der Waals surface area (Å²) in [5.74, 6) is 0. The zero-order chi connectivity index (χ0) is 10.9. The Morgan fingerprint density at radius 2 is 1.54 bits per heavy atom. The van der Waals surface area contributed by atoms with E-state index in [1.54, 1.807) is 0 Å². The van der Waals surface area contributed by atoms with Crippen molar-refractivity contribution >= 4 is 5.27 Å². The number of nitrogens with one attached hydrogen (secondary N) is 1. The Kier molecular flexibility index (Phi) is 4.61. The molecule has 0 amide bonds. The monoisotopic (exact) mass is 375 g/mol. The van der Waals surface area contributed by atoms with Gasteiger partial charge in [-0.3, -0.25) is 0 Å². The van der Waals surface area contributed by atoms with Gasteiger partial charge in [0.25, 0.3) is 0 Å². The normalized spacial score (nSPS) is 18.4. The van der Waals surface area contributed by atoms with Crippen molar-refractivity contribution in [1.29, 1.82) is 0 Å². The summed E-state index contributed by atoms with van der Waals surface area (Å²) in [6.45, 7) is 13.7. The second-order valence-electron chi connectivity index (χ2n) is 5.64. The second-order valence-corrected chi connectivity index (χ2v) is 14.1. The van der Waals surface area contributed by atoms with Crippen LogP contribution in [-0.2, 0) is 18.8 Å². The molecule has 2 nitrogen and oxygen atoms in total. The molecule has 0 bridgehead atoms. The van der Waals surface area contributed by atoms with Gasteiger partial charge < -0.3 is 0 Å². The van der Waals surface area contributed by atoms with Gasteiger partial charge in [0.05, 0.1) is 0 Å². The fraction of sp³-hybridized carbons (Fsp3) is 1.00. The van der Waals surface area contributed by atoms with E-state index >= 15 is 0 Å². The summed E-state index contributed by atoms with van der Waals surface area (Å²) >= 11 is 1.29. The third-order valence-electron chi connectivity index (χ3n) is 1.73. The van der Waals surface area contributed by atoms with E-state index in [2.05, 4.69) is 46.6 Å². The van der Waals surface area contributed by atoms with Gasteiger partial charge in [-0.05, 0) is 0 Å². The number of hydrogen-bond acceptors (Lipinski definition) is 2. The Bertz CT molecular complexity index is 215. The minimum atomic E-state index is -1.89. The fourth-order valence-corrected chi connectivity index (χ4v) is 2.44. The first-order valence-electron chi connectivity index (χ1n) is 4.54. The average molecular weight is 375 g/mol. The SMILES string of the molecule is CC(C)(C)CN[P](O)(=[W])C(C)(C)C. The van der Waals surface area contributed by atoms with E-state index in [0.29, 0.717) is 0 Å². The zero-order valence-corrected chi connectivity index (χ0v) is 13.3. The van der Waals surface area contributed by atoms with Crippen molar-refractivity contribution in [3.8, 4) is 0 Å². The molecule has 0 aromatic heterocycles. The molecule has 0 fully saturated rings. The van der Waals surface area contributed by atoms with Gasteiger partial charge >= 0.3 is 92.7 Å². The maximum absolute atomic E-state index is 10.3. The number of hydrogen-bond donors (Lipinski definition) is 2. The molecule has 0 saturated heterocycles. The topological polar surface area (TPSA) is 32.3 Å². The van der Waals surface area contributed by atoms with Crippen LogP contribution in [0, 0.1) is 5.41 Å². The Balaban J connectivity index is 4.30. The van der Waals surface area contributed by atoms with Crippen LogP contribution in [0.15, 0.2) is 0 Å². The molecule has 80 valence electrons. The fourth-order valence-electron chi connectivity index (χ4n) is 0.582. The van der Waals surface area contributed by atoms with Crippen molar-refractivity contribution in [3.05, 3.63) is 0 Å². The standard InChI is InChI=1S/C9H22NOP.W/c1-8(2,3)7-10-12(11)9(4,5)6;/h10-11H,7H2,1-6H3;. The van der Waals surface area contributed by atoms with Crippen molar-refractivity contribution in [2.24, 2.45) is 5.41 Å². The molecule has 0 aliphatic carbocycles. The van der Waals surface area contributed by atoms with E-state index in [1.165, 1.54) is 18.8 Å². The second kappa shape index (κ2) is 4.27. The van der Waals surface area contributed by atoms with Gasteiger partial charge in [0.15, 0.2) is 0 Å². The Morgan fingerprint density at radius 1 is 1.15 bits per heavy atom. The summed E-state index contributed by atoms with van der Waals surface area (Å²) in [6.07, 6.45) is 0. The summed E-state index contributed by atoms with van der Waals surface area (Å²) in [7, 11) is 0. The van der Waals surface area contributed by atoms with Crippen LogP contribution in [0.25, 0.3) is 0 Å². The van der Waals surface area contributed by atoms with Crippen LogP contribution >= 0.6 is 5.27 Å². The quantitative estimate of drug-likeness (QED) is 0.728. The number of rotatable bonds is 2. The van der Waals surface area contributed by atoms with Crippen molar-refractivity contribution < 1.29 is 23.7 Å². The van der Waals surface area contributed by atoms with E-state index in [-0.39, 0.29) is 10.6 Å². The maximum atomic E-state index is 10.3. The van der Waals surface area contributed by atoms with E-state index in [9.17, 15) is 4.89 Å². The van der Waals surface area contributed by atoms with E-state index in [4.69, 9.17) is 0 Å². The van der Waals surface area contributed by atoms with Crippen molar-refractivity contribution in [2.75, 3.05) is 6.54 Å². The van der Waals surface area contributed by atoms with E-state index in [1.807, 2.05) is 0 Å². The van der Waals surface area contributed by atoms with Gasteiger partial charge in [0.1, 0.15) is 0 Å². The molecule has 0 rings (SSSR count). The molecule has 13 heavy (non-hydrogen) atoms. The molecular formula is C9H22NOPW. The first kappa shape index (κ1) is 14.0. The van der Waals surface area contributed by atoms with Crippen LogP contribution in [-0.4, -0.2) is 16.6 Å². The van der Waals surface area contributed by atoms with Gasteiger partial charge in [-0.1, -0.05) is 0 Å². The Labute approximate surface area is 92.8 Å². The molecule has 0 heterocycles. The molecule has 1 atom stereocenters. The van der Waals surface area contributed by atoms with Gasteiger partial charge in [0.2, 0.25) is 0 Å². The third kappa shape index (κ3) is 5.47. The van der Waals surface area contributed by atoms with Crippen molar-refractivity contribution in [3.63, 3.8) is 0 Å². The summed E-state index contributed by atoms with van der Waals surface area (Å²) in [5, 5.41) is 1.46. The van der Waals surface area contributed by atoms with Crippen LogP contribution in [0.4, 0.5) is 0 Å². The molecule has 0 aromatic carbocycles. The molecule has 1 unspecified atom stereocenters. The first-order valence-corrected chi connectivity index (χ1v) is 10.1. The zero-order valence-electron chi connectivity index (χ0n) is 9.51. The van der Waals surface area contributed by atoms with Gasteiger partial charge in [-0.15, -0.1) is 0 Å². The van der Waals surface area contributed by atoms with E-state index in [0.717, 1.165) is 6.54 Å². The van der Waals surface area contributed by atoms with Crippen molar-refractivity contribution in [1.82, 2.24) is 5.09 Å². The Hall–Kier alpha value is 1.04. The predicted octanol–water partition coefficient (Wildman–Crippen LogP) is 2.72. The molecule has 0 aliphatic rings. The van der Waals surface area contributed by atoms with Crippen molar-refractivity contribution in [2.45, 2.75) is 46.7 Å². The van der Waals surface area contributed by atoms with Crippen LogP contribution in [0.1, 0.15) is 41.5 Å². The van der Waals surface area contributed by atoms with Crippen LogP contribution < -0.4 is 5.09 Å². The van der Waals surface area contributed by atoms with Crippen LogP contribution in [0.3, 0.4) is 0 Å². The molecule has 0 aliphatic heterocycles.